The summed E-state index contributed by atoms with van der Waals surface area (Å²) in [6.07, 6.45) is 8.38. The van der Waals surface area contributed by atoms with Crippen LogP contribution in [0.2, 0.25) is 0 Å². The van der Waals surface area contributed by atoms with Gasteiger partial charge >= 0.3 is 0 Å². The van der Waals surface area contributed by atoms with Crippen molar-refractivity contribution in [2.24, 2.45) is 17.8 Å². The van der Waals surface area contributed by atoms with Crippen LogP contribution in [-0.4, -0.2) is 88.7 Å². The monoisotopic (exact) mass is 465 g/mol. The lowest BCUT2D eigenvalue weighted by Gasteiger charge is -2.43. The molecule has 3 N–H and O–H groups in total. The van der Waals surface area contributed by atoms with Crippen molar-refractivity contribution in [1.82, 2.24) is 14.3 Å². The highest BCUT2D eigenvalue weighted by Crippen LogP contribution is 2.41. The molecule has 0 unspecified atom stereocenters. The Morgan fingerprint density at radius 3 is 2.41 bits per heavy atom. The zero-order chi connectivity index (χ0) is 22.1. The Morgan fingerprint density at radius 1 is 1.00 bits per heavy atom. The summed E-state index contributed by atoms with van der Waals surface area (Å²) in [5, 5.41) is 25.7. The normalized spacial score (nSPS) is 37.3. The van der Waals surface area contributed by atoms with Crippen molar-refractivity contribution in [1.29, 1.82) is 0 Å². The van der Waals surface area contributed by atoms with Crippen LogP contribution in [0.25, 0.3) is 0 Å². The van der Waals surface area contributed by atoms with Gasteiger partial charge in [-0.3, -0.25) is 0 Å². The van der Waals surface area contributed by atoms with Gasteiger partial charge in [-0.25, -0.2) is 0 Å². The van der Waals surface area contributed by atoms with Gasteiger partial charge in [0.05, 0.1) is 18.8 Å². The van der Waals surface area contributed by atoms with E-state index in [-0.39, 0.29) is 12.1 Å². The maximum atomic E-state index is 10.9. The number of ether oxygens (including phenoxy) is 1. The van der Waals surface area contributed by atoms with Crippen molar-refractivity contribution < 1.29 is 14.9 Å². The van der Waals surface area contributed by atoms with E-state index in [0.717, 1.165) is 56.8 Å². The highest BCUT2D eigenvalue weighted by atomic mass is 32.1. The Hall–Kier alpha value is -1.00. The van der Waals surface area contributed by atoms with E-state index in [4.69, 9.17) is 4.74 Å². The molecule has 3 heterocycles. The molecule has 180 valence electrons. The number of hydrogen-bond donors (Lipinski definition) is 3. The van der Waals surface area contributed by atoms with Crippen LogP contribution in [0.15, 0.2) is 0 Å². The van der Waals surface area contributed by atoms with E-state index in [1.807, 2.05) is 0 Å². The molecule has 2 aliphatic heterocycles. The Labute approximate surface area is 195 Å². The van der Waals surface area contributed by atoms with Crippen LogP contribution in [0.4, 0.5) is 11.1 Å². The summed E-state index contributed by atoms with van der Waals surface area (Å²) in [5.74, 6) is 2.92. The molecule has 32 heavy (non-hydrogen) atoms. The third-order valence-corrected chi connectivity index (χ3v) is 8.96. The molecule has 9 heteroatoms. The lowest BCUT2D eigenvalue weighted by molar-refractivity contribution is -0.163. The SMILES string of the molecule is CN1CCN(c2nsc(N[C@H]3CO[C@H](C4CCC(CC5CCC5)CC4)[C@H](O)[C@@H]3O)n2)CC1. The van der Waals surface area contributed by atoms with E-state index in [9.17, 15) is 10.2 Å². The smallest absolute Gasteiger partial charge is 0.239 e. The van der Waals surface area contributed by atoms with Crippen molar-refractivity contribution in [3.63, 3.8) is 0 Å². The molecule has 0 spiro atoms. The maximum absolute atomic E-state index is 10.9. The molecule has 1 aromatic heterocycles. The average molecular weight is 466 g/mol. The molecule has 1 aromatic rings. The molecule has 0 radical (unpaired) electrons. The number of nitrogens with one attached hydrogen (secondary N) is 1. The van der Waals surface area contributed by atoms with E-state index in [2.05, 4.69) is 31.5 Å². The van der Waals surface area contributed by atoms with Gasteiger partial charge in [-0.15, -0.1) is 0 Å². The van der Waals surface area contributed by atoms with Crippen molar-refractivity contribution in [2.75, 3.05) is 50.1 Å². The molecule has 2 saturated heterocycles. The summed E-state index contributed by atoms with van der Waals surface area (Å²) in [6, 6.07) is -0.371. The van der Waals surface area contributed by atoms with E-state index >= 15 is 0 Å². The predicted octanol–water partition coefficient (Wildman–Crippen LogP) is 2.19. The number of piperazine rings is 1. The van der Waals surface area contributed by atoms with Crippen LogP contribution < -0.4 is 10.2 Å². The Morgan fingerprint density at radius 2 is 1.72 bits per heavy atom. The fourth-order valence-corrected chi connectivity index (χ4v) is 6.56. The second-order valence-corrected chi connectivity index (χ2v) is 11.3. The molecular formula is C23H39N5O3S. The maximum Gasteiger partial charge on any atom is 0.239 e. The minimum absolute atomic E-state index is 0.261. The van der Waals surface area contributed by atoms with Crippen LogP contribution in [0, 0.1) is 17.8 Å². The summed E-state index contributed by atoms with van der Waals surface area (Å²) in [6.45, 7) is 4.24. The molecule has 2 aliphatic carbocycles. The van der Waals surface area contributed by atoms with Gasteiger partial charge in [0, 0.05) is 37.7 Å². The van der Waals surface area contributed by atoms with Crippen LogP contribution >= 0.6 is 11.5 Å². The number of aliphatic hydroxyl groups excluding tert-OH is 2. The van der Waals surface area contributed by atoms with E-state index in [1.54, 1.807) is 0 Å². The molecule has 0 amide bonds. The molecule has 4 fully saturated rings. The van der Waals surface area contributed by atoms with Crippen LogP contribution in [0.3, 0.4) is 0 Å². The predicted molar refractivity (Wildman–Crippen MR) is 126 cm³/mol. The van der Waals surface area contributed by atoms with Crippen molar-refractivity contribution in [2.45, 2.75) is 75.7 Å². The number of nitrogens with zero attached hydrogens (tertiary/aromatic N) is 4. The minimum atomic E-state index is -0.863. The lowest BCUT2D eigenvalue weighted by atomic mass is 9.71. The van der Waals surface area contributed by atoms with Crippen molar-refractivity contribution >= 4 is 22.6 Å². The third kappa shape index (κ3) is 5.06. The molecule has 2 saturated carbocycles. The summed E-state index contributed by atoms with van der Waals surface area (Å²) in [7, 11) is 2.13. The van der Waals surface area contributed by atoms with Crippen LogP contribution in [0.1, 0.15) is 51.4 Å². The number of rotatable bonds is 6. The minimum Gasteiger partial charge on any atom is -0.388 e. The van der Waals surface area contributed by atoms with Crippen molar-refractivity contribution in [3.05, 3.63) is 0 Å². The van der Waals surface area contributed by atoms with Crippen LogP contribution in [0.5, 0.6) is 0 Å². The second-order valence-electron chi connectivity index (χ2n) is 10.5. The van der Waals surface area contributed by atoms with Crippen molar-refractivity contribution in [3.8, 4) is 0 Å². The average Bonchev–Trinajstić information content (AvgIpc) is 3.24. The van der Waals surface area contributed by atoms with E-state index < -0.39 is 12.2 Å². The molecule has 8 nitrogen and oxygen atoms in total. The zero-order valence-corrected chi connectivity index (χ0v) is 20.1. The molecule has 5 rings (SSSR count). The number of aliphatic hydroxyl groups is 2. The van der Waals surface area contributed by atoms with E-state index in [0.29, 0.717) is 17.7 Å². The first-order chi connectivity index (χ1) is 15.6. The zero-order valence-electron chi connectivity index (χ0n) is 19.2. The van der Waals surface area contributed by atoms with E-state index in [1.165, 1.54) is 50.1 Å². The highest BCUT2D eigenvalue weighted by Gasteiger charge is 2.43. The molecule has 4 atom stereocenters. The summed E-state index contributed by atoms with van der Waals surface area (Å²) in [5.41, 5.74) is 0. The fraction of sp³-hybridized carbons (Fsp3) is 0.913. The number of likely N-dealkylation sites (N-methyl/N-ethyl adjacent to an activating group) is 1. The number of anilines is 2. The first-order valence-corrected chi connectivity index (χ1v) is 13.4. The number of hydrogen-bond acceptors (Lipinski definition) is 9. The van der Waals surface area contributed by atoms with Gasteiger partial charge in [-0.2, -0.15) is 9.36 Å². The summed E-state index contributed by atoms with van der Waals surface area (Å²) in [4.78, 5) is 9.12. The van der Waals surface area contributed by atoms with Crippen LogP contribution in [-0.2, 0) is 4.74 Å². The quantitative estimate of drug-likeness (QED) is 0.589. The van der Waals surface area contributed by atoms with Gasteiger partial charge in [-0.05, 0) is 44.1 Å². The topological polar surface area (TPSA) is 94.0 Å². The Balaban J connectivity index is 1.10. The number of aromatic nitrogens is 2. The standard InChI is InChI=1S/C23H39N5O3S/c1-27-9-11-28(12-10-27)22-25-23(32-26-22)24-18-14-31-21(20(30)19(18)29)17-7-5-16(6-8-17)13-15-3-2-4-15/h15-21,29-30H,2-14H2,1H3,(H,24,25,26)/t16?,17?,18-,19+,20+,21+/m0/s1. The van der Waals surface area contributed by atoms with Gasteiger partial charge in [-0.1, -0.05) is 32.1 Å². The summed E-state index contributed by atoms with van der Waals surface area (Å²) >= 11 is 1.31. The largest absolute Gasteiger partial charge is 0.388 e. The van der Waals surface area contributed by atoms with Gasteiger partial charge in [0.25, 0.3) is 0 Å². The van der Waals surface area contributed by atoms with Gasteiger partial charge in [0.2, 0.25) is 11.1 Å². The van der Waals surface area contributed by atoms with Gasteiger partial charge in [0.1, 0.15) is 12.2 Å². The van der Waals surface area contributed by atoms with Gasteiger partial charge < -0.3 is 30.1 Å². The van der Waals surface area contributed by atoms with Gasteiger partial charge in [0.15, 0.2) is 0 Å². The summed E-state index contributed by atoms with van der Waals surface area (Å²) < 4.78 is 10.6. The Kier molecular flexibility index (Phi) is 7.18. The second kappa shape index (κ2) is 10.1. The highest BCUT2D eigenvalue weighted by molar-refractivity contribution is 7.09. The molecule has 0 aromatic carbocycles. The third-order valence-electron chi connectivity index (χ3n) is 8.32. The first kappa shape index (κ1) is 22.8. The molecular weight excluding hydrogens is 426 g/mol. The fourth-order valence-electron chi connectivity index (χ4n) is 5.91. The lowest BCUT2D eigenvalue weighted by Crippen LogP contribution is -2.57. The molecule has 0 bridgehead atoms. The first-order valence-electron chi connectivity index (χ1n) is 12.6. The Bertz CT molecular complexity index is 731. The molecule has 4 aliphatic rings.